The van der Waals surface area contributed by atoms with Gasteiger partial charge in [0.25, 0.3) is 0 Å². The number of aromatic amines is 1. The fourth-order valence-electron chi connectivity index (χ4n) is 2.74. The van der Waals surface area contributed by atoms with Crippen LogP contribution in [-0.4, -0.2) is 36.2 Å². The van der Waals surface area contributed by atoms with Crippen LogP contribution in [0, 0.1) is 0 Å². The summed E-state index contributed by atoms with van der Waals surface area (Å²) in [5, 5.41) is 0. The molecule has 5 nitrogen and oxygen atoms in total. The Balaban J connectivity index is 1.94. The summed E-state index contributed by atoms with van der Waals surface area (Å²) in [6.07, 6.45) is 10.2. The monoisotopic (exact) mass is 356 g/mol. The van der Waals surface area contributed by atoms with Crippen LogP contribution in [0.2, 0.25) is 0 Å². The average Bonchev–Trinajstić information content (AvgIpc) is 3.17. The highest BCUT2D eigenvalue weighted by Crippen LogP contribution is 2.38. The summed E-state index contributed by atoms with van der Waals surface area (Å²) in [5.41, 5.74) is 2.66. The van der Waals surface area contributed by atoms with Gasteiger partial charge in [-0.15, -0.1) is 0 Å². The molecule has 0 fully saturated rings. The number of allylic oxidation sites excluding steroid dienone is 4. The predicted octanol–water partition coefficient (Wildman–Crippen LogP) is 3.94. The minimum absolute atomic E-state index is 0.541. The standard InChI is InChI=1S/C19H20N2O3S/c1-22-15-9-13(10-16(23-2)17(15)24-3)18(25)14-11-20-19(21-14)12-7-5-4-6-8-12/h5,7-11H,4,6H2,1-3H3,(H,20,21). The molecule has 0 aliphatic heterocycles. The summed E-state index contributed by atoms with van der Waals surface area (Å²) in [6.45, 7) is 0. The fraction of sp³-hybridized carbons (Fsp3) is 0.263. The quantitative estimate of drug-likeness (QED) is 0.628. The molecule has 0 bridgehead atoms. The third kappa shape index (κ3) is 3.44. The van der Waals surface area contributed by atoms with Gasteiger partial charge in [-0.05, 0) is 25.0 Å². The van der Waals surface area contributed by atoms with Crippen LogP contribution in [0.4, 0.5) is 0 Å². The first-order chi connectivity index (χ1) is 12.2. The van der Waals surface area contributed by atoms with E-state index in [0.29, 0.717) is 22.1 Å². The normalized spacial score (nSPS) is 13.3. The van der Waals surface area contributed by atoms with E-state index < -0.39 is 0 Å². The van der Waals surface area contributed by atoms with Crippen LogP contribution in [0.3, 0.4) is 0 Å². The Morgan fingerprint density at radius 1 is 1.08 bits per heavy atom. The second-order valence-electron chi connectivity index (χ2n) is 5.53. The summed E-state index contributed by atoms with van der Waals surface area (Å²) in [5.74, 6) is 2.49. The Morgan fingerprint density at radius 2 is 1.80 bits per heavy atom. The lowest BCUT2D eigenvalue weighted by molar-refractivity contribution is 0.324. The summed E-state index contributed by atoms with van der Waals surface area (Å²) in [4.78, 5) is 8.39. The largest absolute Gasteiger partial charge is 0.493 e. The van der Waals surface area contributed by atoms with E-state index in [9.17, 15) is 0 Å². The van der Waals surface area contributed by atoms with E-state index in [2.05, 4.69) is 28.2 Å². The van der Waals surface area contributed by atoms with Crippen LogP contribution in [0.25, 0.3) is 5.57 Å². The molecule has 0 radical (unpaired) electrons. The van der Waals surface area contributed by atoms with Crippen molar-refractivity contribution >= 4 is 22.7 Å². The van der Waals surface area contributed by atoms with Gasteiger partial charge >= 0.3 is 0 Å². The number of imidazole rings is 1. The number of methoxy groups -OCH3 is 3. The topological polar surface area (TPSA) is 56.4 Å². The molecule has 0 unspecified atom stereocenters. The Labute approximate surface area is 152 Å². The van der Waals surface area contributed by atoms with Crippen LogP contribution in [0.1, 0.15) is 29.9 Å². The number of H-pyrrole nitrogens is 1. The van der Waals surface area contributed by atoms with Gasteiger partial charge in [0, 0.05) is 11.1 Å². The molecule has 0 atom stereocenters. The summed E-state index contributed by atoms with van der Waals surface area (Å²) < 4.78 is 16.1. The van der Waals surface area contributed by atoms with Crippen LogP contribution in [0.5, 0.6) is 17.2 Å². The number of hydrogen-bond donors (Lipinski definition) is 1. The van der Waals surface area contributed by atoms with Gasteiger partial charge in [-0.3, -0.25) is 0 Å². The zero-order valence-electron chi connectivity index (χ0n) is 14.5. The number of aromatic nitrogens is 2. The molecular formula is C19H20N2O3S. The maximum absolute atomic E-state index is 5.64. The summed E-state index contributed by atoms with van der Waals surface area (Å²) in [7, 11) is 4.74. The highest BCUT2D eigenvalue weighted by molar-refractivity contribution is 7.81. The smallest absolute Gasteiger partial charge is 0.203 e. The van der Waals surface area contributed by atoms with Crippen molar-refractivity contribution in [2.45, 2.75) is 12.8 Å². The molecule has 2 aromatic rings. The zero-order chi connectivity index (χ0) is 17.8. The predicted molar refractivity (Wildman–Crippen MR) is 102 cm³/mol. The minimum atomic E-state index is 0.541. The van der Waals surface area contributed by atoms with E-state index in [1.807, 2.05) is 12.1 Å². The van der Waals surface area contributed by atoms with Crippen molar-refractivity contribution in [1.29, 1.82) is 0 Å². The van der Waals surface area contributed by atoms with E-state index >= 15 is 0 Å². The third-order valence-corrected chi connectivity index (χ3v) is 4.47. The molecule has 6 heteroatoms. The van der Waals surface area contributed by atoms with Gasteiger partial charge in [-0.2, -0.15) is 0 Å². The lowest BCUT2D eigenvalue weighted by Crippen LogP contribution is -2.03. The number of thiocarbonyl (C=S) groups is 1. The van der Waals surface area contributed by atoms with Crippen molar-refractivity contribution in [2.75, 3.05) is 21.3 Å². The van der Waals surface area contributed by atoms with Gasteiger partial charge in [0.1, 0.15) is 5.82 Å². The molecule has 1 heterocycles. The van der Waals surface area contributed by atoms with Gasteiger partial charge in [-0.1, -0.05) is 30.4 Å². The molecule has 0 saturated heterocycles. The number of nitrogens with one attached hydrogen (secondary N) is 1. The molecule has 1 aromatic carbocycles. The fourth-order valence-corrected chi connectivity index (χ4v) is 2.96. The first-order valence-corrected chi connectivity index (χ1v) is 8.35. The van der Waals surface area contributed by atoms with Crippen molar-refractivity contribution < 1.29 is 14.2 Å². The summed E-state index contributed by atoms with van der Waals surface area (Å²) >= 11 is 5.64. The number of hydrogen-bond acceptors (Lipinski definition) is 5. The summed E-state index contributed by atoms with van der Waals surface area (Å²) in [6, 6.07) is 3.67. The number of ether oxygens (including phenoxy) is 3. The maximum Gasteiger partial charge on any atom is 0.203 e. The molecule has 25 heavy (non-hydrogen) atoms. The van der Waals surface area contributed by atoms with Crippen molar-refractivity contribution in [3.63, 3.8) is 0 Å². The van der Waals surface area contributed by atoms with E-state index in [1.165, 1.54) is 0 Å². The SMILES string of the molecule is COc1cc(C(=S)c2cnc(C3=CCCC=C3)[nH]2)cc(OC)c1OC. The van der Waals surface area contributed by atoms with Gasteiger partial charge in [-0.25, -0.2) is 4.98 Å². The molecule has 1 N–H and O–H groups in total. The third-order valence-electron chi connectivity index (χ3n) is 4.02. The molecule has 1 aromatic heterocycles. The number of rotatable bonds is 6. The molecule has 130 valence electrons. The minimum Gasteiger partial charge on any atom is -0.493 e. The number of benzene rings is 1. The van der Waals surface area contributed by atoms with E-state index in [-0.39, 0.29) is 0 Å². The molecule has 0 spiro atoms. The van der Waals surface area contributed by atoms with Crippen molar-refractivity contribution in [1.82, 2.24) is 9.97 Å². The first kappa shape index (κ1) is 17.2. The van der Waals surface area contributed by atoms with Crippen LogP contribution in [-0.2, 0) is 0 Å². The molecule has 1 aliphatic rings. The Hall–Kier alpha value is -2.60. The van der Waals surface area contributed by atoms with Gasteiger partial charge in [0.2, 0.25) is 5.75 Å². The molecule has 0 saturated carbocycles. The van der Waals surface area contributed by atoms with Crippen LogP contribution < -0.4 is 14.2 Å². The van der Waals surface area contributed by atoms with Crippen molar-refractivity contribution in [2.24, 2.45) is 0 Å². The van der Waals surface area contributed by atoms with E-state index in [0.717, 1.165) is 35.5 Å². The first-order valence-electron chi connectivity index (χ1n) is 7.94. The van der Waals surface area contributed by atoms with Crippen molar-refractivity contribution in [3.8, 4) is 17.2 Å². The maximum atomic E-state index is 5.64. The van der Waals surface area contributed by atoms with Crippen LogP contribution >= 0.6 is 12.2 Å². The Bertz CT molecular complexity index is 827. The Kier molecular flexibility index (Phi) is 5.19. The Morgan fingerprint density at radius 3 is 2.36 bits per heavy atom. The second-order valence-corrected chi connectivity index (χ2v) is 5.94. The lowest BCUT2D eigenvalue weighted by atomic mass is 10.1. The molecule has 3 rings (SSSR count). The van der Waals surface area contributed by atoms with Gasteiger partial charge < -0.3 is 19.2 Å². The van der Waals surface area contributed by atoms with Gasteiger partial charge in [0.05, 0.1) is 38.1 Å². The van der Waals surface area contributed by atoms with Crippen molar-refractivity contribution in [3.05, 3.63) is 53.6 Å². The highest BCUT2D eigenvalue weighted by Gasteiger charge is 2.17. The van der Waals surface area contributed by atoms with E-state index in [4.69, 9.17) is 26.4 Å². The van der Waals surface area contributed by atoms with Crippen LogP contribution in [0.15, 0.2) is 36.6 Å². The highest BCUT2D eigenvalue weighted by atomic mass is 32.1. The second kappa shape index (κ2) is 7.53. The number of nitrogens with zero attached hydrogens (tertiary/aromatic N) is 1. The molecule has 1 aliphatic carbocycles. The molecular weight excluding hydrogens is 336 g/mol. The van der Waals surface area contributed by atoms with Gasteiger partial charge in [0.15, 0.2) is 11.5 Å². The zero-order valence-corrected chi connectivity index (χ0v) is 15.3. The van der Waals surface area contributed by atoms with E-state index in [1.54, 1.807) is 27.5 Å². The lowest BCUT2D eigenvalue weighted by Gasteiger charge is -2.14. The molecule has 0 amide bonds. The average molecular weight is 356 g/mol.